The maximum Gasteiger partial charge on any atom is 0.337 e. The van der Waals surface area contributed by atoms with E-state index >= 15 is 0 Å². The third kappa shape index (κ3) is 6.53. The van der Waals surface area contributed by atoms with Crippen molar-refractivity contribution in [3.05, 3.63) is 24.8 Å². The first-order chi connectivity index (χ1) is 6.57. The molecule has 1 unspecified atom stereocenters. The highest BCUT2D eigenvalue weighted by Crippen LogP contribution is 1.96. The first kappa shape index (κ1) is 13.0. The summed E-state index contributed by atoms with van der Waals surface area (Å²) in [6.45, 7) is 6.91. The van der Waals surface area contributed by atoms with Crippen LogP contribution in [0.5, 0.6) is 0 Å². The lowest BCUT2D eigenvalue weighted by Gasteiger charge is -2.03. The summed E-state index contributed by atoms with van der Waals surface area (Å²) in [5.41, 5.74) is 0.177. The van der Waals surface area contributed by atoms with Crippen LogP contribution >= 0.6 is 0 Å². The molecule has 80 valence electrons. The number of hydrogen-bond donors (Lipinski definition) is 1. The summed E-state index contributed by atoms with van der Waals surface area (Å²) >= 11 is -2.26. The lowest BCUT2D eigenvalue weighted by atomic mass is 10.3. The van der Waals surface area contributed by atoms with Crippen LogP contribution in [0.1, 0.15) is 6.42 Å². The highest BCUT2D eigenvalue weighted by Gasteiger charge is 2.03. The smallest absolute Gasteiger partial charge is 0.337 e. The van der Waals surface area contributed by atoms with Crippen LogP contribution in [-0.4, -0.2) is 27.9 Å². The molecule has 1 atom stereocenters. The Kier molecular flexibility index (Phi) is 6.91. The van der Waals surface area contributed by atoms with E-state index in [4.69, 9.17) is 9.29 Å². The Labute approximate surface area is 84.9 Å². The maximum atomic E-state index is 10.9. The summed E-state index contributed by atoms with van der Waals surface area (Å²) in [7, 11) is 0. The second-order valence-electron chi connectivity index (χ2n) is 2.26. The quantitative estimate of drug-likeness (QED) is 0.226. The van der Waals surface area contributed by atoms with E-state index in [0.29, 0.717) is 6.42 Å². The van der Waals surface area contributed by atoms with E-state index in [-0.39, 0.29) is 18.8 Å². The van der Waals surface area contributed by atoms with Crippen molar-refractivity contribution < 1.29 is 22.5 Å². The first-order valence-electron chi connectivity index (χ1n) is 3.80. The predicted octanol–water partition coefficient (Wildman–Crippen LogP) is 0.815. The molecule has 0 aromatic rings. The van der Waals surface area contributed by atoms with E-state index in [1.165, 1.54) is 6.08 Å². The van der Waals surface area contributed by atoms with Crippen molar-refractivity contribution in [2.24, 2.45) is 0 Å². The first-order valence-corrected chi connectivity index (χ1v) is 4.83. The SMILES string of the molecule is C=CC(=C)C(=O)OCCCOS(=O)O. The van der Waals surface area contributed by atoms with Crippen molar-refractivity contribution in [2.45, 2.75) is 6.42 Å². The van der Waals surface area contributed by atoms with E-state index in [0.717, 1.165) is 0 Å². The van der Waals surface area contributed by atoms with E-state index in [9.17, 15) is 9.00 Å². The standard InChI is InChI=1S/C8H12O5S/c1-3-7(2)8(9)12-5-4-6-13-14(10)11/h3H,1-2,4-6H2,(H,10,11). The minimum absolute atomic E-state index is 0.0525. The maximum absolute atomic E-state index is 10.9. The van der Waals surface area contributed by atoms with Crippen LogP contribution in [0.2, 0.25) is 0 Å². The molecule has 5 nitrogen and oxygen atoms in total. The number of esters is 1. The van der Waals surface area contributed by atoms with Crippen molar-refractivity contribution in [1.82, 2.24) is 0 Å². The minimum Gasteiger partial charge on any atom is -0.462 e. The molecule has 0 aliphatic carbocycles. The van der Waals surface area contributed by atoms with Gasteiger partial charge in [-0.05, 0) is 0 Å². The number of carbonyl (C=O) groups is 1. The lowest BCUT2D eigenvalue weighted by molar-refractivity contribution is -0.138. The summed E-state index contributed by atoms with van der Waals surface area (Å²) in [4.78, 5) is 10.9. The zero-order chi connectivity index (χ0) is 11.0. The predicted molar refractivity (Wildman–Crippen MR) is 51.6 cm³/mol. The summed E-state index contributed by atoms with van der Waals surface area (Å²) in [5.74, 6) is -0.551. The van der Waals surface area contributed by atoms with Crippen LogP contribution in [0.3, 0.4) is 0 Å². The molecule has 0 rings (SSSR count). The highest BCUT2D eigenvalue weighted by molar-refractivity contribution is 7.74. The normalized spacial score (nSPS) is 11.8. The molecule has 0 radical (unpaired) electrons. The van der Waals surface area contributed by atoms with Gasteiger partial charge in [0.1, 0.15) is 0 Å². The second-order valence-corrected chi connectivity index (χ2v) is 2.93. The molecule has 0 saturated carbocycles. The van der Waals surface area contributed by atoms with Crippen LogP contribution < -0.4 is 0 Å². The average molecular weight is 220 g/mol. The van der Waals surface area contributed by atoms with Gasteiger partial charge in [0.25, 0.3) is 0 Å². The van der Waals surface area contributed by atoms with Crippen molar-refractivity contribution in [3.8, 4) is 0 Å². The fourth-order valence-electron chi connectivity index (χ4n) is 0.530. The molecule has 0 saturated heterocycles. The van der Waals surface area contributed by atoms with Gasteiger partial charge in [0.05, 0.1) is 18.8 Å². The molecule has 0 aliphatic rings. The van der Waals surface area contributed by atoms with Crippen LogP contribution in [0, 0.1) is 0 Å². The van der Waals surface area contributed by atoms with Crippen LogP contribution in [0.25, 0.3) is 0 Å². The molecule has 0 amide bonds. The lowest BCUT2D eigenvalue weighted by Crippen LogP contribution is -2.09. The van der Waals surface area contributed by atoms with Gasteiger partial charge in [0.15, 0.2) is 0 Å². The highest BCUT2D eigenvalue weighted by atomic mass is 32.2. The van der Waals surface area contributed by atoms with Gasteiger partial charge in [-0.3, -0.25) is 8.74 Å². The Morgan fingerprint density at radius 1 is 1.50 bits per heavy atom. The zero-order valence-electron chi connectivity index (χ0n) is 7.60. The molecule has 0 spiro atoms. The second kappa shape index (κ2) is 7.43. The molecule has 0 bridgehead atoms. The van der Waals surface area contributed by atoms with Crippen LogP contribution in [0.15, 0.2) is 24.8 Å². The molecule has 0 aromatic heterocycles. The van der Waals surface area contributed by atoms with Gasteiger partial charge in [-0.1, -0.05) is 19.2 Å². The summed E-state index contributed by atoms with van der Waals surface area (Å²) < 4.78 is 27.2. The zero-order valence-corrected chi connectivity index (χ0v) is 8.42. The third-order valence-electron chi connectivity index (χ3n) is 1.21. The largest absolute Gasteiger partial charge is 0.462 e. The number of carbonyl (C=O) groups excluding carboxylic acids is 1. The van der Waals surface area contributed by atoms with Crippen molar-refractivity contribution >= 4 is 17.3 Å². The fraction of sp³-hybridized carbons (Fsp3) is 0.375. The molecular formula is C8H12O5S. The Morgan fingerprint density at radius 3 is 2.64 bits per heavy atom. The van der Waals surface area contributed by atoms with E-state index in [1.807, 2.05) is 0 Å². The van der Waals surface area contributed by atoms with Crippen molar-refractivity contribution in [1.29, 1.82) is 0 Å². The summed E-state index contributed by atoms with van der Waals surface area (Å²) in [6.07, 6.45) is 1.64. The van der Waals surface area contributed by atoms with Gasteiger partial charge >= 0.3 is 17.3 Å². The van der Waals surface area contributed by atoms with Crippen molar-refractivity contribution in [3.63, 3.8) is 0 Å². The summed E-state index contributed by atoms with van der Waals surface area (Å²) in [6, 6.07) is 0. The minimum atomic E-state index is -2.26. The molecule has 0 fully saturated rings. The van der Waals surface area contributed by atoms with Gasteiger partial charge in [-0.2, -0.15) is 4.21 Å². The monoisotopic (exact) mass is 220 g/mol. The Bertz CT molecular complexity index is 248. The fourth-order valence-corrected chi connectivity index (χ4v) is 0.790. The van der Waals surface area contributed by atoms with Crippen LogP contribution in [-0.2, 0) is 25.1 Å². The van der Waals surface area contributed by atoms with Crippen molar-refractivity contribution in [2.75, 3.05) is 13.2 Å². The third-order valence-corrected chi connectivity index (χ3v) is 1.58. The summed E-state index contributed by atoms with van der Waals surface area (Å²) in [5, 5.41) is 0. The topological polar surface area (TPSA) is 72.8 Å². The molecule has 0 aromatic carbocycles. The van der Waals surface area contributed by atoms with Crippen LogP contribution in [0.4, 0.5) is 0 Å². The Hall–Kier alpha value is -0.980. The average Bonchev–Trinajstić information content (AvgIpc) is 2.15. The van der Waals surface area contributed by atoms with Gasteiger partial charge in [-0.25, -0.2) is 4.79 Å². The van der Waals surface area contributed by atoms with Gasteiger partial charge in [-0.15, -0.1) is 0 Å². The molecule has 0 heterocycles. The molecule has 6 heteroatoms. The number of hydrogen-bond acceptors (Lipinski definition) is 4. The molecular weight excluding hydrogens is 208 g/mol. The molecule has 14 heavy (non-hydrogen) atoms. The molecule has 0 aliphatic heterocycles. The van der Waals surface area contributed by atoms with E-state index in [1.54, 1.807) is 0 Å². The van der Waals surface area contributed by atoms with Gasteiger partial charge in [0.2, 0.25) is 0 Å². The van der Waals surface area contributed by atoms with E-state index < -0.39 is 17.3 Å². The van der Waals surface area contributed by atoms with E-state index in [2.05, 4.69) is 17.3 Å². The Morgan fingerprint density at radius 2 is 2.14 bits per heavy atom. The number of ether oxygens (including phenoxy) is 1. The molecule has 1 N–H and O–H groups in total. The van der Waals surface area contributed by atoms with Gasteiger partial charge < -0.3 is 4.74 Å². The Balaban J connectivity index is 3.45. The number of rotatable bonds is 7. The van der Waals surface area contributed by atoms with Gasteiger partial charge in [0, 0.05) is 6.42 Å².